The third-order valence-electron chi connectivity index (χ3n) is 3.91. The van der Waals surface area contributed by atoms with E-state index in [0.29, 0.717) is 17.4 Å². The summed E-state index contributed by atoms with van der Waals surface area (Å²) >= 11 is 0. The van der Waals surface area contributed by atoms with E-state index in [2.05, 4.69) is 4.99 Å². The van der Waals surface area contributed by atoms with Gasteiger partial charge in [0.1, 0.15) is 17.2 Å². The molecule has 0 saturated heterocycles. The Bertz CT molecular complexity index is 1010. The summed E-state index contributed by atoms with van der Waals surface area (Å²) in [6.07, 6.45) is 1.57. The third-order valence-corrected chi connectivity index (χ3v) is 3.91. The first-order valence-corrected chi connectivity index (χ1v) is 7.92. The van der Waals surface area contributed by atoms with Crippen LogP contribution in [0.1, 0.15) is 35.3 Å². The lowest BCUT2D eigenvalue weighted by atomic mass is 9.88. The average molecular weight is 375 g/mol. The normalized spacial score (nSPS) is 14.6. The van der Waals surface area contributed by atoms with Gasteiger partial charge in [0.05, 0.1) is 0 Å². The van der Waals surface area contributed by atoms with Crippen LogP contribution in [0.5, 0.6) is 5.75 Å². The van der Waals surface area contributed by atoms with Gasteiger partial charge in [-0.25, -0.2) is 13.2 Å². The molecule has 4 N–H and O–H groups in total. The Labute approximate surface area is 153 Å². The van der Waals surface area contributed by atoms with Crippen molar-refractivity contribution in [1.29, 1.82) is 0 Å². The molecule has 2 aromatic carbocycles. The van der Waals surface area contributed by atoms with Gasteiger partial charge >= 0.3 is 0 Å². The number of amides is 1. The highest BCUT2D eigenvalue weighted by Gasteiger charge is 2.29. The number of carbonyl (C=O) groups excluding carboxylic acids is 1. The van der Waals surface area contributed by atoms with Crippen molar-refractivity contribution in [3.8, 4) is 5.75 Å². The molecule has 3 rings (SSSR count). The summed E-state index contributed by atoms with van der Waals surface area (Å²) in [5.74, 6) is -4.18. The van der Waals surface area contributed by atoms with E-state index < -0.39 is 34.9 Å². The lowest BCUT2D eigenvalue weighted by Crippen LogP contribution is -2.29. The fourth-order valence-electron chi connectivity index (χ4n) is 2.83. The Balaban J connectivity index is 2.21. The van der Waals surface area contributed by atoms with Crippen molar-refractivity contribution < 1.29 is 22.7 Å². The fraction of sp³-hybridized carbons (Fsp3) is 0.158. The van der Waals surface area contributed by atoms with Crippen LogP contribution in [0.4, 0.5) is 13.2 Å². The molecule has 27 heavy (non-hydrogen) atoms. The molecule has 0 aliphatic carbocycles. The van der Waals surface area contributed by atoms with Crippen molar-refractivity contribution in [3.63, 3.8) is 0 Å². The zero-order valence-corrected chi connectivity index (χ0v) is 14.5. The maximum Gasteiger partial charge on any atom is 0.280 e. The van der Waals surface area contributed by atoms with Crippen molar-refractivity contribution in [2.45, 2.75) is 19.4 Å². The van der Waals surface area contributed by atoms with E-state index >= 15 is 0 Å². The SMILES string of the molecule is CC1(C)C=C(c2cc(F)c(F)cc2F)c2cc(C(=O)N=C(N)N)ccc2O1. The van der Waals surface area contributed by atoms with Crippen LogP contribution in [-0.4, -0.2) is 17.5 Å². The summed E-state index contributed by atoms with van der Waals surface area (Å²) in [7, 11) is 0. The van der Waals surface area contributed by atoms with Crippen molar-refractivity contribution in [2.24, 2.45) is 16.5 Å². The van der Waals surface area contributed by atoms with E-state index in [-0.39, 0.29) is 16.7 Å². The van der Waals surface area contributed by atoms with Gasteiger partial charge in [0.25, 0.3) is 5.91 Å². The molecule has 1 heterocycles. The topological polar surface area (TPSA) is 90.7 Å². The number of ether oxygens (including phenoxy) is 1. The number of nitrogens with zero attached hydrogens (tertiary/aromatic N) is 1. The molecule has 0 saturated carbocycles. The molecule has 2 aromatic rings. The number of hydrogen-bond acceptors (Lipinski definition) is 2. The molecule has 1 amide bonds. The van der Waals surface area contributed by atoms with Crippen LogP contribution < -0.4 is 16.2 Å². The van der Waals surface area contributed by atoms with Crippen LogP contribution in [-0.2, 0) is 0 Å². The second-order valence-electron chi connectivity index (χ2n) is 6.56. The smallest absolute Gasteiger partial charge is 0.280 e. The maximum atomic E-state index is 14.4. The second kappa shape index (κ2) is 6.46. The molecule has 0 radical (unpaired) electrons. The summed E-state index contributed by atoms with van der Waals surface area (Å²) < 4.78 is 47.3. The van der Waals surface area contributed by atoms with E-state index in [1.807, 2.05) is 0 Å². The highest BCUT2D eigenvalue weighted by molar-refractivity contribution is 6.03. The van der Waals surface area contributed by atoms with Crippen LogP contribution in [0.2, 0.25) is 0 Å². The van der Waals surface area contributed by atoms with Gasteiger partial charge < -0.3 is 16.2 Å². The van der Waals surface area contributed by atoms with Crippen molar-refractivity contribution in [2.75, 3.05) is 0 Å². The van der Waals surface area contributed by atoms with Crippen LogP contribution in [0, 0.1) is 17.5 Å². The second-order valence-corrected chi connectivity index (χ2v) is 6.56. The van der Waals surface area contributed by atoms with Gasteiger partial charge in [-0.3, -0.25) is 4.79 Å². The van der Waals surface area contributed by atoms with E-state index in [1.54, 1.807) is 19.9 Å². The molecule has 140 valence electrons. The average Bonchev–Trinajstić information content (AvgIpc) is 2.55. The van der Waals surface area contributed by atoms with Crippen LogP contribution in [0.25, 0.3) is 5.57 Å². The minimum Gasteiger partial charge on any atom is -0.483 e. The Morgan fingerprint density at radius 2 is 1.67 bits per heavy atom. The highest BCUT2D eigenvalue weighted by atomic mass is 19.2. The summed E-state index contributed by atoms with van der Waals surface area (Å²) in [5, 5.41) is 0. The minimum atomic E-state index is -1.29. The largest absolute Gasteiger partial charge is 0.483 e. The van der Waals surface area contributed by atoms with Crippen LogP contribution in [0.3, 0.4) is 0 Å². The lowest BCUT2D eigenvalue weighted by molar-refractivity contribution is 0.100. The van der Waals surface area contributed by atoms with Gasteiger partial charge in [-0.15, -0.1) is 0 Å². The van der Waals surface area contributed by atoms with Gasteiger partial charge in [0.15, 0.2) is 17.6 Å². The summed E-state index contributed by atoms with van der Waals surface area (Å²) in [5.41, 5.74) is 10.2. The third kappa shape index (κ3) is 3.64. The van der Waals surface area contributed by atoms with Gasteiger partial charge in [0, 0.05) is 22.8 Å². The van der Waals surface area contributed by atoms with Crippen LogP contribution in [0.15, 0.2) is 41.4 Å². The zero-order valence-electron chi connectivity index (χ0n) is 14.5. The van der Waals surface area contributed by atoms with Crippen molar-refractivity contribution >= 4 is 17.4 Å². The molecule has 0 unspecified atom stereocenters. The predicted octanol–water partition coefficient (Wildman–Crippen LogP) is 3.12. The van der Waals surface area contributed by atoms with Gasteiger partial charge in [-0.2, -0.15) is 4.99 Å². The van der Waals surface area contributed by atoms with Gasteiger partial charge in [0.2, 0.25) is 0 Å². The van der Waals surface area contributed by atoms with Gasteiger partial charge in [-0.05, 0) is 49.8 Å². The van der Waals surface area contributed by atoms with E-state index in [1.165, 1.54) is 18.2 Å². The number of benzene rings is 2. The highest BCUT2D eigenvalue weighted by Crippen LogP contribution is 2.41. The number of aliphatic imine (C=N–C) groups is 1. The molecule has 1 aliphatic heterocycles. The zero-order chi connectivity index (χ0) is 19.9. The quantitative estimate of drug-likeness (QED) is 0.479. The molecule has 1 aliphatic rings. The Hall–Kier alpha value is -3.29. The molecule has 0 fully saturated rings. The maximum absolute atomic E-state index is 14.4. The number of nitrogens with two attached hydrogens (primary N) is 2. The molecular formula is C19H16F3N3O2. The van der Waals surface area contributed by atoms with Gasteiger partial charge in [-0.1, -0.05) is 0 Å². The fourth-order valence-corrected chi connectivity index (χ4v) is 2.83. The number of fused-ring (bicyclic) bond motifs is 1. The summed E-state index contributed by atoms with van der Waals surface area (Å²) in [6, 6.07) is 5.62. The van der Waals surface area contributed by atoms with E-state index in [0.717, 1.165) is 6.07 Å². The summed E-state index contributed by atoms with van der Waals surface area (Å²) in [4.78, 5) is 15.5. The number of hydrogen-bond donors (Lipinski definition) is 2. The molecular weight excluding hydrogens is 359 g/mol. The first kappa shape index (κ1) is 18.5. The molecule has 8 heteroatoms. The van der Waals surface area contributed by atoms with Crippen molar-refractivity contribution in [3.05, 3.63) is 70.5 Å². The first-order chi connectivity index (χ1) is 12.6. The minimum absolute atomic E-state index is 0.124. The number of carbonyl (C=O) groups is 1. The molecule has 0 spiro atoms. The number of guanidine groups is 1. The van der Waals surface area contributed by atoms with Crippen molar-refractivity contribution in [1.82, 2.24) is 0 Å². The molecule has 0 aromatic heterocycles. The Morgan fingerprint density at radius 1 is 1.00 bits per heavy atom. The number of rotatable bonds is 2. The van der Waals surface area contributed by atoms with E-state index in [9.17, 15) is 18.0 Å². The first-order valence-electron chi connectivity index (χ1n) is 7.92. The predicted molar refractivity (Wildman–Crippen MR) is 94.7 cm³/mol. The molecule has 0 bridgehead atoms. The van der Waals surface area contributed by atoms with Crippen LogP contribution >= 0.6 is 0 Å². The Kier molecular flexibility index (Phi) is 4.43. The number of halogens is 3. The molecule has 5 nitrogen and oxygen atoms in total. The Morgan fingerprint density at radius 3 is 2.33 bits per heavy atom. The lowest BCUT2D eigenvalue weighted by Gasteiger charge is -2.31. The standard InChI is InChI=1S/C19H16F3N3O2/c1-19(2)8-12(10-6-14(21)15(22)7-13(10)20)11-5-9(3-4-16(11)27-19)17(26)25-18(23)24/h3-8H,1-2H3,(H4,23,24,25,26). The van der Waals surface area contributed by atoms with E-state index in [4.69, 9.17) is 16.2 Å². The molecule has 0 atom stereocenters. The summed E-state index contributed by atoms with van der Waals surface area (Å²) in [6.45, 7) is 3.46. The monoisotopic (exact) mass is 375 g/mol.